The number of morpholine rings is 1. The molecule has 0 saturated carbocycles. The molecule has 1 amide bonds. The Morgan fingerprint density at radius 3 is 3.33 bits per heavy atom. The van der Waals surface area contributed by atoms with Gasteiger partial charge in [-0.25, -0.2) is 0 Å². The average Bonchev–Trinajstić information content (AvgIpc) is 2.81. The van der Waals surface area contributed by atoms with E-state index in [0.29, 0.717) is 25.5 Å². The van der Waals surface area contributed by atoms with Crippen LogP contribution in [0.2, 0.25) is 0 Å². The Labute approximate surface area is 99.7 Å². The van der Waals surface area contributed by atoms with Crippen molar-refractivity contribution < 1.29 is 9.53 Å². The lowest BCUT2D eigenvalue weighted by molar-refractivity contribution is 0.00492. The minimum Gasteiger partial charge on any atom is -0.377 e. The maximum absolute atomic E-state index is 12.0. The van der Waals surface area contributed by atoms with Crippen molar-refractivity contribution >= 4 is 33.4 Å². The van der Waals surface area contributed by atoms with Crippen molar-refractivity contribution in [2.75, 3.05) is 25.1 Å². The molecule has 0 spiro atoms. The zero-order valence-corrected chi connectivity index (χ0v) is 10.3. The Morgan fingerprint density at radius 1 is 1.80 bits per heavy atom. The highest BCUT2D eigenvalue weighted by molar-refractivity contribution is 9.09. The van der Waals surface area contributed by atoms with E-state index < -0.39 is 0 Å². The monoisotopic (exact) mass is 291 g/mol. The van der Waals surface area contributed by atoms with E-state index in [1.54, 1.807) is 10.3 Å². The number of hydrogen-bond acceptors (Lipinski definition) is 5. The highest BCUT2D eigenvalue weighted by atomic mass is 79.9. The predicted octanol–water partition coefficient (Wildman–Crippen LogP) is 0.774. The van der Waals surface area contributed by atoms with Crippen molar-refractivity contribution in [2.24, 2.45) is 0 Å². The summed E-state index contributed by atoms with van der Waals surface area (Å²) < 4.78 is 9.00. The summed E-state index contributed by atoms with van der Waals surface area (Å²) >= 11 is 4.56. The summed E-state index contributed by atoms with van der Waals surface area (Å²) in [5, 5.41) is 6.17. The van der Waals surface area contributed by atoms with E-state index in [1.165, 1.54) is 11.5 Å². The van der Waals surface area contributed by atoms with Crippen molar-refractivity contribution in [3.05, 3.63) is 11.1 Å². The van der Waals surface area contributed by atoms with E-state index in [4.69, 9.17) is 4.74 Å². The van der Waals surface area contributed by atoms with Crippen molar-refractivity contribution in [3.63, 3.8) is 0 Å². The third-order valence-corrected chi connectivity index (χ3v) is 3.50. The number of ether oxygens (including phenoxy) is 1. The van der Waals surface area contributed by atoms with Crippen LogP contribution in [0.15, 0.2) is 5.38 Å². The number of alkyl halides is 1. The van der Waals surface area contributed by atoms with Crippen LogP contribution in [0.1, 0.15) is 10.5 Å². The second-order valence-electron chi connectivity index (χ2n) is 3.17. The summed E-state index contributed by atoms with van der Waals surface area (Å²) in [6, 6.07) is 0.0907. The highest BCUT2D eigenvalue weighted by Gasteiger charge is 2.28. The Balaban J connectivity index is 2.11. The van der Waals surface area contributed by atoms with Gasteiger partial charge >= 0.3 is 0 Å². The summed E-state index contributed by atoms with van der Waals surface area (Å²) in [6.45, 7) is 1.79. The van der Waals surface area contributed by atoms with Crippen molar-refractivity contribution in [1.82, 2.24) is 14.5 Å². The molecule has 2 heterocycles. The van der Waals surface area contributed by atoms with Crippen LogP contribution >= 0.6 is 27.5 Å². The van der Waals surface area contributed by atoms with Gasteiger partial charge < -0.3 is 9.64 Å². The highest BCUT2D eigenvalue weighted by Crippen LogP contribution is 2.13. The fourth-order valence-corrected chi connectivity index (χ4v) is 2.42. The molecule has 5 nitrogen and oxygen atoms in total. The average molecular weight is 292 g/mol. The van der Waals surface area contributed by atoms with Crippen LogP contribution in [0, 0.1) is 0 Å². The van der Waals surface area contributed by atoms with Gasteiger partial charge in [-0.2, -0.15) is 0 Å². The van der Waals surface area contributed by atoms with E-state index in [2.05, 4.69) is 25.5 Å². The third-order valence-electron chi connectivity index (χ3n) is 2.25. The molecule has 82 valence electrons. The van der Waals surface area contributed by atoms with Gasteiger partial charge in [-0.15, -0.1) is 5.10 Å². The van der Waals surface area contributed by atoms with Gasteiger partial charge in [0.15, 0.2) is 5.69 Å². The zero-order valence-electron chi connectivity index (χ0n) is 7.93. The maximum Gasteiger partial charge on any atom is 0.275 e. The lowest BCUT2D eigenvalue weighted by atomic mass is 10.2. The molecular formula is C8H10BrN3O2S. The van der Waals surface area contributed by atoms with Crippen molar-refractivity contribution in [2.45, 2.75) is 6.04 Å². The van der Waals surface area contributed by atoms with Crippen molar-refractivity contribution in [3.8, 4) is 0 Å². The van der Waals surface area contributed by atoms with Gasteiger partial charge in [-0.1, -0.05) is 20.4 Å². The topological polar surface area (TPSA) is 55.3 Å². The first kappa shape index (κ1) is 11.0. The van der Waals surface area contributed by atoms with Gasteiger partial charge in [0.05, 0.1) is 19.3 Å². The molecule has 0 N–H and O–H groups in total. The number of halogens is 1. The first-order chi connectivity index (χ1) is 7.33. The Hall–Kier alpha value is -0.530. The second kappa shape index (κ2) is 5.00. The molecule has 1 aromatic rings. The van der Waals surface area contributed by atoms with Gasteiger partial charge in [-0.05, 0) is 11.5 Å². The van der Waals surface area contributed by atoms with Crippen LogP contribution in [-0.4, -0.2) is 51.5 Å². The van der Waals surface area contributed by atoms with Gasteiger partial charge in [-0.3, -0.25) is 4.79 Å². The number of carbonyl (C=O) groups is 1. The number of nitrogens with zero attached hydrogens (tertiary/aromatic N) is 3. The predicted molar refractivity (Wildman–Crippen MR) is 59.3 cm³/mol. The minimum atomic E-state index is -0.0588. The van der Waals surface area contributed by atoms with E-state index in [9.17, 15) is 4.79 Å². The summed E-state index contributed by atoms with van der Waals surface area (Å²) in [6.07, 6.45) is 0. The molecule has 2 rings (SSSR count). The Morgan fingerprint density at radius 2 is 2.67 bits per heavy atom. The summed E-state index contributed by atoms with van der Waals surface area (Å²) in [5.74, 6) is -0.0588. The molecule has 1 saturated heterocycles. The third kappa shape index (κ3) is 2.35. The standard InChI is InChI=1S/C8H10BrN3O2S/c9-3-6-4-14-2-1-12(6)8(13)7-5-15-11-10-7/h5-6H,1-4H2. The first-order valence-corrected chi connectivity index (χ1v) is 6.50. The molecule has 1 atom stereocenters. The summed E-state index contributed by atoms with van der Waals surface area (Å²) in [7, 11) is 0. The molecule has 0 bridgehead atoms. The van der Waals surface area contributed by atoms with E-state index >= 15 is 0 Å². The molecule has 15 heavy (non-hydrogen) atoms. The van der Waals surface area contributed by atoms with Gasteiger partial charge in [0.1, 0.15) is 0 Å². The van der Waals surface area contributed by atoms with Crippen LogP contribution in [0.4, 0.5) is 0 Å². The molecule has 0 aromatic carbocycles. The van der Waals surface area contributed by atoms with Crippen molar-refractivity contribution in [1.29, 1.82) is 0 Å². The SMILES string of the molecule is O=C(c1csnn1)N1CCOCC1CBr. The Kier molecular flexibility index (Phi) is 3.66. The van der Waals surface area contributed by atoms with E-state index in [-0.39, 0.29) is 11.9 Å². The number of carbonyl (C=O) groups excluding carboxylic acids is 1. The smallest absolute Gasteiger partial charge is 0.275 e. The number of aromatic nitrogens is 2. The van der Waals surface area contributed by atoms with Gasteiger partial charge in [0, 0.05) is 17.3 Å². The molecule has 1 fully saturated rings. The molecule has 1 aliphatic heterocycles. The first-order valence-electron chi connectivity index (χ1n) is 4.54. The minimum absolute atomic E-state index is 0.0588. The molecule has 0 radical (unpaired) electrons. The Bertz CT molecular complexity index is 333. The number of rotatable bonds is 2. The van der Waals surface area contributed by atoms with Crippen LogP contribution in [0.5, 0.6) is 0 Å². The molecule has 0 aliphatic carbocycles. The van der Waals surface area contributed by atoms with Crippen LogP contribution in [0.3, 0.4) is 0 Å². The summed E-state index contributed by atoms with van der Waals surface area (Å²) in [4.78, 5) is 13.8. The normalized spacial score (nSPS) is 21.7. The summed E-state index contributed by atoms with van der Waals surface area (Å²) in [5.41, 5.74) is 0.424. The molecule has 1 aliphatic rings. The molecular weight excluding hydrogens is 282 g/mol. The fourth-order valence-electron chi connectivity index (χ4n) is 1.45. The molecule has 7 heteroatoms. The van der Waals surface area contributed by atoms with Gasteiger partial charge in [0.2, 0.25) is 0 Å². The van der Waals surface area contributed by atoms with E-state index in [0.717, 1.165) is 5.33 Å². The lowest BCUT2D eigenvalue weighted by Crippen LogP contribution is -2.49. The molecule has 1 unspecified atom stereocenters. The maximum atomic E-state index is 12.0. The second-order valence-corrected chi connectivity index (χ2v) is 4.43. The number of hydrogen-bond donors (Lipinski definition) is 0. The largest absolute Gasteiger partial charge is 0.377 e. The quantitative estimate of drug-likeness (QED) is 0.756. The fraction of sp³-hybridized carbons (Fsp3) is 0.625. The van der Waals surface area contributed by atoms with E-state index in [1.807, 2.05) is 0 Å². The van der Waals surface area contributed by atoms with Crippen LogP contribution < -0.4 is 0 Å². The number of amides is 1. The van der Waals surface area contributed by atoms with Gasteiger partial charge in [0.25, 0.3) is 5.91 Å². The molecule has 1 aromatic heterocycles. The van der Waals surface area contributed by atoms with Crippen LogP contribution in [-0.2, 0) is 4.74 Å². The zero-order chi connectivity index (χ0) is 10.7. The lowest BCUT2D eigenvalue weighted by Gasteiger charge is -2.33. The van der Waals surface area contributed by atoms with Crippen LogP contribution in [0.25, 0.3) is 0 Å².